The summed E-state index contributed by atoms with van der Waals surface area (Å²) in [6.45, 7) is 4.85. The van der Waals surface area contributed by atoms with Crippen LogP contribution in [0.1, 0.15) is 41.1 Å². The molecular formula is C13H19NO2S. The van der Waals surface area contributed by atoms with Gasteiger partial charge in [0.1, 0.15) is 6.73 Å². The first kappa shape index (κ1) is 12.6. The standard InChI is InChI=1S/C13H19NO2S/c1-13(2)5-4-10-9(6-13)7-17-11(10)12(15)14-8-16-3/h7H,4-6,8H2,1-3H3,(H,14,15). The highest BCUT2D eigenvalue weighted by atomic mass is 32.1. The quantitative estimate of drug-likeness (QED) is 0.841. The van der Waals surface area contributed by atoms with Gasteiger partial charge in [-0.3, -0.25) is 4.79 Å². The van der Waals surface area contributed by atoms with Crippen LogP contribution >= 0.6 is 11.3 Å². The molecule has 1 aromatic rings. The van der Waals surface area contributed by atoms with E-state index in [1.54, 1.807) is 18.4 Å². The molecule has 0 spiro atoms. The molecule has 0 unspecified atom stereocenters. The predicted molar refractivity (Wildman–Crippen MR) is 69.5 cm³/mol. The lowest BCUT2D eigenvalue weighted by atomic mass is 9.75. The van der Waals surface area contributed by atoms with Gasteiger partial charge in [0.15, 0.2) is 0 Å². The lowest BCUT2D eigenvalue weighted by Gasteiger charge is -2.29. The van der Waals surface area contributed by atoms with E-state index in [-0.39, 0.29) is 12.6 Å². The van der Waals surface area contributed by atoms with Crippen molar-refractivity contribution < 1.29 is 9.53 Å². The van der Waals surface area contributed by atoms with E-state index in [0.717, 1.165) is 24.1 Å². The predicted octanol–water partition coefficient (Wildman–Crippen LogP) is 2.60. The highest BCUT2D eigenvalue weighted by Crippen LogP contribution is 2.38. The Labute approximate surface area is 106 Å². The molecule has 0 aliphatic heterocycles. The summed E-state index contributed by atoms with van der Waals surface area (Å²) in [7, 11) is 1.58. The Hall–Kier alpha value is -0.870. The van der Waals surface area contributed by atoms with Gasteiger partial charge in [0.25, 0.3) is 5.91 Å². The number of carbonyl (C=O) groups is 1. The molecule has 1 N–H and O–H groups in total. The Balaban J connectivity index is 2.17. The van der Waals surface area contributed by atoms with Gasteiger partial charge < -0.3 is 10.1 Å². The second-order valence-electron chi connectivity index (χ2n) is 5.35. The van der Waals surface area contributed by atoms with Gasteiger partial charge in [0, 0.05) is 7.11 Å². The number of carbonyl (C=O) groups excluding carboxylic acids is 1. The molecule has 94 valence electrons. The summed E-state index contributed by atoms with van der Waals surface area (Å²) in [5.41, 5.74) is 2.98. The molecule has 0 fully saturated rings. The van der Waals surface area contributed by atoms with E-state index in [0.29, 0.717) is 5.41 Å². The zero-order valence-corrected chi connectivity index (χ0v) is 11.4. The van der Waals surface area contributed by atoms with Crippen molar-refractivity contribution >= 4 is 17.2 Å². The van der Waals surface area contributed by atoms with E-state index in [4.69, 9.17) is 4.74 Å². The molecule has 0 atom stereocenters. The van der Waals surface area contributed by atoms with Crippen molar-refractivity contribution in [2.45, 2.75) is 33.1 Å². The van der Waals surface area contributed by atoms with Gasteiger partial charge in [0.05, 0.1) is 4.88 Å². The van der Waals surface area contributed by atoms with E-state index in [9.17, 15) is 4.79 Å². The molecule has 1 aliphatic rings. The lowest BCUT2D eigenvalue weighted by Crippen LogP contribution is -2.27. The second kappa shape index (κ2) is 4.78. The van der Waals surface area contributed by atoms with Crippen molar-refractivity contribution in [1.82, 2.24) is 5.32 Å². The third-order valence-corrected chi connectivity index (χ3v) is 4.35. The molecule has 2 rings (SSSR count). The Morgan fingerprint density at radius 3 is 3.06 bits per heavy atom. The lowest BCUT2D eigenvalue weighted by molar-refractivity contribution is 0.0875. The number of nitrogens with one attached hydrogen (secondary N) is 1. The average molecular weight is 253 g/mol. The van der Waals surface area contributed by atoms with E-state index in [2.05, 4.69) is 24.5 Å². The molecule has 3 nitrogen and oxygen atoms in total. The summed E-state index contributed by atoms with van der Waals surface area (Å²) >= 11 is 1.56. The molecule has 0 saturated heterocycles. The average Bonchev–Trinajstić information content (AvgIpc) is 2.67. The van der Waals surface area contributed by atoms with Crippen LogP contribution in [0.3, 0.4) is 0 Å². The molecule has 17 heavy (non-hydrogen) atoms. The maximum absolute atomic E-state index is 11.9. The minimum absolute atomic E-state index is 0.00203. The van der Waals surface area contributed by atoms with Crippen LogP contribution in [0.4, 0.5) is 0 Å². The highest BCUT2D eigenvalue weighted by molar-refractivity contribution is 7.12. The molecular weight excluding hydrogens is 234 g/mol. The van der Waals surface area contributed by atoms with E-state index in [1.807, 2.05) is 0 Å². The molecule has 1 heterocycles. The summed E-state index contributed by atoms with van der Waals surface area (Å²) < 4.78 is 4.86. The van der Waals surface area contributed by atoms with Crippen molar-refractivity contribution in [2.24, 2.45) is 5.41 Å². The van der Waals surface area contributed by atoms with Crippen molar-refractivity contribution in [3.63, 3.8) is 0 Å². The van der Waals surface area contributed by atoms with Crippen molar-refractivity contribution in [1.29, 1.82) is 0 Å². The van der Waals surface area contributed by atoms with E-state index < -0.39 is 0 Å². The van der Waals surface area contributed by atoms with Crippen molar-refractivity contribution in [3.05, 3.63) is 21.4 Å². The van der Waals surface area contributed by atoms with Gasteiger partial charge in [-0.25, -0.2) is 0 Å². The molecule has 0 aromatic carbocycles. The SMILES string of the molecule is COCNC(=O)c1scc2c1CCC(C)(C)C2. The molecule has 1 aromatic heterocycles. The van der Waals surface area contributed by atoms with Gasteiger partial charge >= 0.3 is 0 Å². The Kier molecular flexibility index (Phi) is 3.54. The normalized spacial score (nSPS) is 17.6. The zero-order valence-electron chi connectivity index (χ0n) is 10.6. The topological polar surface area (TPSA) is 38.3 Å². The molecule has 1 amide bonds. The van der Waals surface area contributed by atoms with Crippen LogP contribution in [-0.4, -0.2) is 19.7 Å². The Morgan fingerprint density at radius 1 is 1.59 bits per heavy atom. The van der Waals surface area contributed by atoms with Crippen LogP contribution in [0.15, 0.2) is 5.38 Å². The number of rotatable bonds is 3. The summed E-state index contributed by atoms with van der Waals surface area (Å²) in [5, 5.41) is 4.89. The third-order valence-electron chi connectivity index (χ3n) is 3.28. The molecule has 1 aliphatic carbocycles. The number of hydrogen-bond acceptors (Lipinski definition) is 3. The van der Waals surface area contributed by atoms with Gasteiger partial charge in [-0.1, -0.05) is 13.8 Å². The fourth-order valence-corrected chi connectivity index (χ4v) is 3.36. The van der Waals surface area contributed by atoms with Gasteiger partial charge in [-0.05, 0) is 41.2 Å². The molecule has 0 radical (unpaired) electrons. The van der Waals surface area contributed by atoms with Crippen LogP contribution in [-0.2, 0) is 17.6 Å². The van der Waals surface area contributed by atoms with Crippen molar-refractivity contribution in [3.8, 4) is 0 Å². The van der Waals surface area contributed by atoms with Crippen LogP contribution < -0.4 is 5.32 Å². The second-order valence-corrected chi connectivity index (χ2v) is 6.23. The zero-order chi connectivity index (χ0) is 12.5. The summed E-state index contributed by atoms with van der Waals surface area (Å²) in [6.07, 6.45) is 3.25. The first-order valence-corrected chi connectivity index (χ1v) is 6.78. The minimum Gasteiger partial charge on any atom is -0.364 e. The third kappa shape index (κ3) is 2.69. The summed E-state index contributed by atoms with van der Waals surface area (Å²) in [6, 6.07) is 0. The highest BCUT2D eigenvalue weighted by Gasteiger charge is 2.29. The van der Waals surface area contributed by atoms with Crippen molar-refractivity contribution in [2.75, 3.05) is 13.8 Å². The largest absolute Gasteiger partial charge is 0.364 e. The number of methoxy groups -OCH3 is 1. The van der Waals surface area contributed by atoms with Crippen LogP contribution in [0.25, 0.3) is 0 Å². The first-order chi connectivity index (χ1) is 8.03. The Bertz CT molecular complexity index is 423. The van der Waals surface area contributed by atoms with Crippen LogP contribution in [0, 0.1) is 5.41 Å². The number of fused-ring (bicyclic) bond motifs is 1. The first-order valence-electron chi connectivity index (χ1n) is 5.90. The van der Waals surface area contributed by atoms with E-state index in [1.165, 1.54) is 11.1 Å². The number of ether oxygens (including phenoxy) is 1. The summed E-state index contributed by atoms with van der Waals surface area (Å²) in [5.74, 6) is -0.00203. The maximum atomic E-state index is 11.9. The number of thiophene rings is 1. The van der Waals surface area contributed by atoms with E-state index >= 15 is 0 Å². The fourth-order valence-electron chi connectivity index (χ4n) is 2.32. The van der Waals surface area contributed by atoms with Crippen LogP contribution in [0.5, 0.6) is 0 Å². The monoisotopic (exact) mass is 253 g/mol. The molecule has 4 heteroatoms. The number of amides is 1. The maximum Gasteiger partial charge on any atom is 0.263 e. The molecule has 0 bridgehead atoms. The Morgan fingerprint density at radius 2 is 2.35 bits per heavy atom. The van der Waals surface area contributed by atoms with Crippen LogP contribution in [0.2, 0.25) is 0 Å². The van der Waals surface area contributed by atoms with Gasteiger partial charge in [-0.2, -0.15) is 0 Å². The van der Waals surface area contributed by atoms with Gasteiger partial charge in [-0.15, -0.1) is 11.3 Å². The summed E-state index contributed by atoms with van der Waals surface area (Å²) in [4.78, 5) is 12.8. The molecule has 0 saturated carbocycles. The van der Waals surface area contributed by atoms with Gasteiger partial charge in [0.2, 0.25) is 0 Å². The number of hydrogen-bond donors (Lipinski definition) is 1. The fraction of sp³-hybridized carbons (Fsp3) is 0.615. The minimum atomic E-state index is -0.00203. The smallest absolute Gasteiger partial charge is 0.263 e.